The monoisotopic (exact) mass is 306 g/mol. The first-order chi connectivity index (χ1) is 8.65. The third kappa shape index (κ3) is 3.50. The number of carbonyl (C=O) groups excluding carboxylic acids is 1. The first-order valence-electron chi connectivity index (χ1n) is 5.68. The number of hydrogen-bond donors (Lipinski definition) is 0. The van der Waals surface area contributed by atoms with E-state index in [0.29, 0.717) is 22.9 Å². The fraction of sp³-hybridized carbons (Fsp3) is 0.133. The van der Waals surface area contributed by atoms with Gasteiger partial charge in [-0.3, -0.25) is 4.79 Å². The third-order valence-corrected chi connectivity index (χ3v) is 3.13. The summed E-state index contributed by atoms with van der Waals surface area (Å²) in [6.07, 6.45) is 1.06. The van der Waals surface area contributed by atoms with Crippen LogP contribution in [0.3, 0.4) is 0 Å². The topological polar surface area (TPSA) is 17.1 Å². The minimum atomic E-state index is -0.396. The average molecular weight is 307 g/mol. The van der Waals surface area contributed by atoms with Crippen molar-refractivity contribution in [2.75, 3.05) is 0 Å². The Morgan fingerprint density at radius 1 is 1.11 bits per heavy atom. The Morgan fingerprint density at radius 3 is 2.50 bits per heavy atom. The highest BCUT2D eigenvalue weighted by Crippen LogP contribution is 2.17. The summed E-state index contributed by atoms with van der Waals surface area (Å²) in [6.45, 7) is 0. The Bertz CT molecular complexity index is 531. The average Bonchev–Trinajstić information content (AvgIpc) is 2.36. The third-order valence-electron chi connectivity index (χ3n) is 2.67. The number of carbonyl (C=O) groups is 1. The molecule has 0 heterocycles. The predicted octanol–water partition coefficient (Wildman–Crippen LogP) is 4.40. The highest BCUT2D eigenvalue weighted by atomic mass is 79.9. The summed E-state index contributed by atoms with van der Waals surface area (Å²) in [5.74, 6) is -0.438. The normalized spacial score (nSPS) is 10.3. The van der Waals surface area contributed by atoms with Gasteiger partial charge in [-0.25, -0.2) is 4.39 Å². The van der Waals surface area contributed by atoms with E-state index >= 15 is 0 Å². The molecule has 0 radical (unpaired) electrons. The lowest BCUT2D eigenvalue weighted by molar-refractivity contribution is 0.0982. The van der Waals surface area contributed by atoms with Gasteiger partial charge in [0.05, 0.1) is 0 Å². The van der Waals surface area contributed by atoms with Crippen LogP contribution in [0.15, 0.2) is 53.0 Å². The van der Waals surface area contributed by atoms with E-state index in [0.717, 1.165) is 5.56 Å². The van der Waals surface area contributed by atoms with Crippen LogP contribution < -0.4 is 0 Å². The van der Waals surface area contributed by atoms with Crippen molar-refractivity contribution in [3.05, 3.63) is 69.9 Å². The maximum absolute atomic E-state index is 13.2. The molecule has 0 amide bonds. The van der Waals surface area contributed by atoms with Gasteiger partial charge < -0.3 is 0 Å². The standard InChI is InChI=1S/C15H12BrFO/c16-13-8-12(9-14(17)10-13)15(18)7-6-11-4-2-1-3-5-11/h1-5,8-10H,6-7H2. The van der Waals surface area contributed by atoms with Gasteiger partial charge >= 0.3 is 0 Å². The molecule has 0 saturated carbocycles. The molecule has 0 saturated heterocycles. The molecular weight excluding hydrogens is 295 g/mol. The lowest BCUT2D eigenvalue weighted by Gasteiger charge is -2.03. The van der Waals surface area contributed by atoms with Crippen LogP contribution in [-0.4, -0.2) is 5.78 Å². The molecule has 2 rings (SSSR count). The first-order valence-corrected chi connectivity index (χ1v) is 6.47. The van der Waals surface area contributed by atoms with Crippen molar-refractivity contribution < 1.29 is 9.18 Å². The van der Waals surface area contributed by atoms with Crippen LogP contribution in [0.25, 0.3) is 0 Å². The van der Waals surface area contributed by atoms with Gasteiger partial charge in [0.2, 0.25) is 0 Å². The van der Waals surface area contributed by atoms with Crippen LogP contribution in [0.2, 0.25) is 0 Å². The van der Waals surface area contributed by atoms with E-state index in [4.69, 9.17) is 0 Å². The lowest BCUT2D eigenvalue weighted by atomic mass is 10.0. The Balaban J connectivity index is 2.04. The number of Topliss-reactive ketones (excluding diaryl/α,β-unsaturated/α-hetero) is 1. The second-order valence-electron chi connectivity index (χ2n) is 4.07. The van der Waals surface area contributed by atoms with E-state index in [9.17, 15) is 9.18 Å². The van der Waals surface area contributed by atoms with E-state index in [1.807, 2.05) is 30.3 Å². The maximum atomic E-state index is 13.2. The van der Waals surface area contributed by atoms with Crippen molar-refractivity contribution >= 4 is 21.7 Å². The molecule has 0 atom stereocenters. The number of ketones is 1. The Morgan fingerprint density at radius 2 is 1.83 bits per heavy atom. The van der Waals surface area contributed by atoms with Crippen molar-refractivity contribution in [3.63, 3.8) is 0 Å². The van der Waals surface area contributed by atoms with E-state index in [1.54, 1.807) is 6.07 Å². The SMILES string of the molecule is O=C(CCc1ccccc1)c1cc(F)cc(Br)c1. The first kappa shape index (κ1) is 13.0. The number of rotatable bonds is 4. The summed E-state index contributed by atoms with van der Waals surface area (Å²) >= 11 is 3.19. The number of benzene rings is 2. The fourth-order valence-electron chi connectivity index (χ4n) is 1.76. The van der Waals surface area contributed by atoms with Crippen molar-refractivity contribution in [2.24, 2.45) is 0 Å². The van der Waals surface area contributed by atoms with Gasteiger partial charge in [0, 0.05) is 16.5 Å². The predicted molar refractivity (Wildman–Crippen MR) is 73.2 cm³/mol. The summed E-state index contributed by atoms with van der Waals surface area (Å²) in [5.41, 5.74) is 1.53. The molecule has 92 valence electrons. The van der Waals surface area contributed by atoms with Crippen LogP contribution in [0.1, 0.15) is 22.3 Å². The molecule has 0 unspecified atom stereocenters. The Kier molecular flexibility index (Phi) is 4.26. The molecule has 0 aliphatic rings. The molecule has 0 spiro atoms. The molecule has 0 bridgehead atoms. The van der Waals surface area contributed by atoms with Gasteiger partial charge in [0.25, 0.3) is 0 Å². The highest BCUT2D eigenvalue weighted by molar-refractivity contribution is 9.10. The smallest absolute Gasteiger partial charge is 0.163 e. The van der Waals surface area contributed by atoms with Gasteiger partial charge in [-0.05, 0) is 30.2 Å². The van der Waals surface area contributed by atoms with Crippen molar-refractivity contribution in [1.82, 2.24) is 0 Å². The zero-order valence-electron chi connectivity index (χ0n) is 9.70. The van der Waals surface area contributed by atoms with Crippen molar-refractivity contribution in [1.29, 1.82) is 0 Å². The molecule has 2 aromatic carbocycles. The van der Waals surface area contributed by atoms with E-state index < -0.39 is 5.82 Å². The summed E-state index contributed by atoms with van der Waals surface area (Å²) in [5, 5.41) is 0. The highest BCUT2D eigenvalue weighted by Gasteiger charge is 2.08. The molecule has 0 fully saturated rings. The van der Waals surface area contributed by atoms with Crippen LogP contribution in [0, 0.1) is 5.82 Å². The van der Waals surface area contributed by atoms with E-state index in [-0.39, 0.29) is 5.78 Å². The molecule has 0 aliphatic carbocycles. The van der Waals surface area contributed by atoms with Gasteiger partial charge in [-0.1, -0.05) is 46.3 Å². The Labute approximate surface area is 114 Å². The Hall–Kier alpha value is -1.48. The van der Waals surface area contributed by atoms with E-state index in [2.05, 4.69) is 15.9 Å². The summed E-state index contributed by atoms with van der Waals surface area (Å²) in [7, 11) is 0. The minimum Gasteiger partial charge on any atom is -0.294 e. The largest absolute Gasteiger partial charge is 0.294 e. The van der Waals surface area contributed by atoms with Crippen LogP contribution in [0.4, 0.5) is 4.39 Å². The van der Waals surface area contributed by atoms with Gasteiger partial charge in [-0.15, -0.1) is 0 Å². The lowest BCUT2D eigenvalue weighted by Crippen LogP contribution is -2.02. The summed E-state index contributed by atoms with van der Waals surface area (Å²) < 4.78 is 13.8. The van der Waals surface area contributed by atoms with Crippen molar-refractivity contribution in [3.8, 4) is 0 Å². The molecule has 2 aromatic rings. The zero-order valence-corrected chi connectivity index (χ0v) is 11.3. The number of aryl methyl sites for hydroxylation is 1. The second-order valence-corrected chi connectivity index (χ2v) is 4.98. The minimum absolute atomic E-state index is 0.0425. The maximum Gasteiger partial charge on any atom is 0.163 e. The molecule has 0 aromatic heterocycles. The van der Waals surface area contributed by atoms with Gasteiger partial charge in [0.1, 0.15) is 5.82 Å². The molecule has 0 aliphatic heterocycles. The van der Waals surface area contributed by atoms with Crippen LogP contribution in [0.5, 0.6) is 0 Å². The summed E-state index contributed by atoms with van der Waals surface area (Å²) in [6, 6.07) is 14.1. The molecule has 1 nitrogen and oxygen atoms in total. The second kappa shape index (κ2) is 5.91. The van der Waals surface area contributed by atoms with Crippen LogP contribution >= 0.6 is 15.9 Å². The van der Waals surface area contributed by atoms with Crippen molar-refractivity contribution in [2.45, 2.75) is 12.8 Å². The summed E-state index contributed by atoms with van der Waals surface area (Å²) in [4.78, 5) is 11.9. The zero-order chi connectivity index (χ0) is 13.0. The molecule has 0 N–H and O–H groups in total. The van der Waals surface area contributed by atoms with E-state index in [1.165, 1.54) is 12.1 Å². The molecular formula is C15H12BrFO. The number of hydrogen-bond acceptors (Lipinski definition) is 1. The molecule has 18 heavy (non-hydrogen) atoms. The van der Waals surface area contributed by atoms with Gasteiger partial charge in [-0.2, -0.15) is 0 Å². The molecule has 3 heteroatoms. The van der Waals surface area contributed by atoms with Gasteiger partial charge in [0.15, 0.2) is 5.78 Å². The quantitative estimate of drug-likeness (QED) is 0.765. The van der Waals surface area contributed by atoms with Crippen LogP contribution in [-0.2, 0) is 6.42 Å². The fourth-order valence-corrected chi connectivity index (χ4v) is 2.23. The number of halogens is 2.